The van der Waals surface area contributed by atoms with Crippen molar-refractivity contribution in [2.75, 3.05) is 13.6 Å². The Balaban J connectivity index is 1.30. The molecule has 1 atom stereocenters. The van der Waals surface area contributed by atoms with Crippen LogP contribution >= 0.6 is 11.6 Å². The zero-order chi connectivity index (χ0) is 20.2. The SMILES string of the molecule is CN(Cc1ccc(Cl)cc1)C(=O)C1CCCN1C(=O)C12CC3CC(CC(C3)C1)C2. The Morgan fingerprint density at radius 2 is 1.66 bits per heavy atom. The Kier molecular flexibility index (Phi) is 4.89. The van der Waals surface area contributed by atoms with Crippen LogP contribution in [0, 0.1) is 23.2 Å². The van der Waals surface area contributed by atoms with Crippen LogP contribution in [0.4, 0.5) is 0 Å². The van der Waals surface area contributed by atoms with Gasteiger partial charge in [-0.3, -0.25) is 9.59 Å². The number of halogens is 1. The van der Waals surface area contributed by atoms with Gasteiger partial charge in [0.15, 0.2) is 0 Å². The molecule has 4 bridgehead atoms. The van der Waals surface area contributed by atoms with Crippen molar-refractivity contribution < 1.29 is 9.59 Å². The van der Waals surface area contributed by atoms with Crippen molar-refractivity contribution in [3.8, 4) is 0 Å². The number of benzene rings is 1. The van der Waals surface area contributed by atoms with E-state index < -0.39 is 0 Å². The van der Waals surface area contributed by atoms with E-state index in [4.69, 9.17) is 11.6 Å². The summed E-state index contributed by atoms with van der Waals surface area (Å²) in [7, 11) is 1.85. The quantitative estimate of drug-likeness (QED) is 0.727. The van der Waals surface area contributed by atoms with Gasteiger partial charge in [-0.05, 0) is 86.8 Å². The van der Waals surface area contributed by atoms with Crippen LogP contribution in [-0.2, 0) is 16.1 Å². The summed E-state index contributed by atoms with van der Waals surface area (Å²) >= 11 is 5.97. The van der Waals surface area contributed by atoms with Gasteiger partial charge in [-0.2, -0.15) is 0 Å². The van der Waals surface area contributed by atoms with Crippen molar-refractivity contribution in [3.05, 3.63) is 34.9 Å². The second-order valence-electron chi connectivity index (χ2n) is 10.2. The van der Waals surface area contributed by atoms with Gasteiger partial charge in [-0.15, -0.1) is 0 Å². The summed E-state index contributed by atoms with van der Waals surface area (Å²) in [5.74, 6) is 2.61. The van der Waals surface area contributed by atoms with Crippen molar-refractivity contribution in [1.82, 2.24) is 9.80 Å². The summed E-state index contributed by atoms with van der Waals surface area (Å²) in [6.07, 6.45) is 8.92. The smallest absolute Gasteiger partial charge is 0.245 e. The van der Waals surface area contributed by atoms with Crippen LogP contribution in [0.1, 0.15) is 56.9 Å². The van der Waals surface area contributed by atoms with Gasteiger partial charge in [-0.25, -0.2) is 0 Å². The maximum Gasteiger partial charge on any atom is 0.245 e. The molecular weight excluding hydrogens is 384 g/mol. The van der Waals surface area contributed by atoms with E-state index >= 15 is 0 Å². The molecule has 29 heavy (non-hydrogen) atoms. The first-order valence-corrected chi connectivity index (χ1v) is 11.6. The van der Waals surface area contributed by atoms with Gasteiger partial charge in [0, 0.05) is 25.2 Å². The number of carbonyl (C=O) groups is 2. The molecule has 4 saturated carbocycles. The fourth-order valence-corrected chi connectivity index (χ4v) is 7.27. The molecule has 4 nitrogen and oxygen atoms in total. The number of carbonyl (C=O) groups excluding carboxylic acids is 2. The summed E-state index contributed by atoms with van der Waals surface area (Å²) in [5, 5.41) is 0.700. The minimum absolute atomic E-state index is 0.0792. The predicted octanol–water partition coefficient (Wildman–Crippen LogP) is 4.51. The van der Waals surface area contributed by atoms with Crippen molar-refractivity contribution >= 4 is 23.4 Å². The predicted molar refractivity (Wildman–Crippen MR) is 113 cm³/mol. The van der Waals surface area contributed by atoms with E-state index in [1.165, 1.54) is 19.3 Å². The molecule has 2 amide bonds. The number of likely N-dealkylation sites (N-methyl/N-ethyl adjacent to an activating group) is 1. The van der Waals surface area contributed by atoms with E-state index in [1.807, 2.05) is 36.2 Å². The van der Waals surface area contributed by atoms with Gasteiger partial charge in [0.1, 0.15) is 6.04 Å². The summed E-state index contributed by atoms with van der Waals surface area (Å²) in [5.41, 5.74) is 0.897. The number of rotatable bonds is 4. The highest BCUT2D eigenvalue weighted by Crippen LogP contribution is 2.60. The Labute approximate surface area is 178 Å². The van der Waals surface area contributed by atoms with E-state index in [1.54, 1.807) is 4.90 Å². The zero-order valence-electron chi connectivity index (χ0n) is 17.3. The topological polar surface area (TPSA) is 40.6 Å². The number of hydrogen-bond acceptors (Lipinski definition) is 2. The molecule has 0 spiro atoms. The molecule has 156 valence electrons. The van der Waals surface area contributed by atoms with E-state index in [9.17, 15) is 9.59 Å². The molecule has 4 aliphatic carbocycles. The first-order chi connectivity index (χ1) is 13.9. The molecule has 1 aromatic rings. The van der Waals surface area contributed by atoms with Gasteiger partial charge >= 0.3 is 0 Å². The Morgan fingerprint density at radius 1 is 1.07 bits per heavy atom. The first kappa shape index (κ1) is 19.4. The fourth-order valence-electron chi connectivity index (χ4n) is 7.14. The second kappa shape index (κ2) is 7.30. The number of amides is 2. The third-order valence-electron chi connectivity index (χ3n) is 8.00. The van der Waals surface area contributed by atoms with Crippen LogP contribution in [-0.4, -0.2) is 41.2 Å². The Morgan fingerprint density at radius 3 is 2.24 bits per heavy atom. The van der Waals surface area contributed by atoms with Gasteiger partial charge in [0.05, 0.1) is 5.41 Å². The van der Waals surface area contributed by atoms with Crippen LogP contribution in [0.3, 0.4) is 0 Å². The molecule has 5 fully saturated rings. The Bertz CT molecular complexity index is 770. The van der Waals surface area contributed by atoms with Crippen LogP contribution < -0.4 is 0 Å². The van der Waals surface area contributed by atoms with Crippen LogP contribution in [0.5, 0.6) is 0 Å². The lowest BCUT2D eigenvalue weighted by Crippen LogP contribution is -2.57. The minimum atomic E-state index is -0.284. The van der Waals surface area contributed by atoms with Crippen LogP contribution in [0.25, 0.3) is 0 Å². The lowest BCUT2D eigenvalue weighted by molar-refractivity contribution is -0.161. The molecule has 1 unspecified atom stereocenters. The van der Waals surface area contributed by atoms with Crippen LogP contribution in [0.2, 0.25) is 5.02 Å². The summed E-state index contributed by atoms with van der Waals surface area (Å²) in [4.78, 5) is 30.8. The van der Waals surface area contributed by atoms with Crippen molar-refractivity contribution in [3.63, 3.8) is 0 Å². The average Bonchev–Trinajstić information content (AvgIpc) is 3.17. The molecule has 5 heteroatoms. The average molecular weight is 415 g/mol. The minimum Gasteiger partial charge on any atom is -0.340 e. The fraction of sp³-hybridized carbons (Fsp3) is 0.667. The summed E-state index contributed by atoms with van der Waals surface area (Å²) in [6, 6.07) is 7.34. The maximum atomic E-state index is 13.8. The third-order valence-corrected chi connectivity index (χ3v) is 8.25. The van der Waals surface area contributed by atoms with E-state index in [0.717, 1.165) is 62.0 Å². The highest BCUT2D eigenvalue weighted by atomic mass is 35.5. The van der Waals surface area contributed by atoms with E-state index in [-0.39, 0.29) is 17.4 Å². The molecule has 1 heterocycles. The molecule has 1 saturated heterocycles. The highest BCUT2D eigenvalue weighted by Gasteiger charge is 2.56. The number of hydrogen-bond donors (Lipinski definition) is 0. The molecular formula is C24H31ClN2O2. The Hall–Kier alpha value is -1.55. The molecule has 0 radical (unpaired) electrons. The van der Waals surface area contributed by atoms with Crippen LogP contribution in [0.15, 0.2) is 24.3 Å². The number of likely N-dealkylation sites (tertiary alicyclic amines) is 1. The zero-order valence-corrected chi connectivity index (χ0v) is 18.0. The number of nitrogens with zero attached hydrogens (tertiary/aromatic N) is 2. The summed E-state index contributed by atoms with van der Waals surface area (Å²) < 4.78 is 0. The molecule has 1 aliphatic heterocycles. The van der Waals surface area contributed by atoms with Crippen molar-refractivity contribution in [2.24, 2.45) is 23.2 Å². The normalized spacial score (nSPS) is 35.2. The first-order valence-electron chi connectivity index (χ1n) is 11.2. The largest absolute Gasteiger partial charge is 0.340 e. The van der Waals surface area contributed by atoms with Crippen molar-refractivity contribution in [1.29, 1.82) is 0 Å². The monoisotopic (exact) mass is 414 g/mol. The molecule has 0 aromatic heterocycles. The maximum absolute atomic E-state index is 13.8. The lowest BCUT2D eigenvalue weighted by atomic mass is 9.49. The standard InChI is InChI=1S/C24H31ClN2O2/c1-26(15-16-4-6-20(25)7-5-16)22(28)21-3-2-8-27(21)23(29)24-12-17-9-18(13-24)11-19(10-17)14-24/h4-7,17-19,21H,2-3,8-15H2,1H3. The molecule has 5 aliphatic rings. The summed E-state index contributed by atoms with van der Waals surface area (Å²) in [6.45, 7) is 1.29. The second-order valence-corrected chi connectivity index (χ2v) is 10.6. The third kappa shape index (κ3) is 3.48. The van der Waals surface area contributed by atoms with E-state index in [0.29, 0.717) is 17.5 Å². The molecule has 6 rings (SSSR count). The lowest BCUT2D eigenvalue weighted by Gasteiger charge is -2.56. The molecule has 1 aromatic carbocycles. The van der Waals surface area contributed by atoms with Gasteiger partial charge < -0.3 is 9.80 Å². The van der Waals surface area contributed by atoms with Gasteiger partial charge in [0.2, 0.25) is 11.8 Å². The van der Waals surface area contributed by atoms with Gasteiger partial charge in [-0.1, -0.05) is 23.7 Å². The van der Waals surface area contributed by atoms with E-state index in [2.05, 4.69) is 0 Å². The highest BCUT2D eigenvalue weighted by molar-refractivity contribution is 6.30. The molecule has 0 N–H and O–H groups in total. The van der Waals surface area contributed by atoms with Crippen molar-refractivity contribution in [2.45, 2.75) is 64.0 Å². The van der Waals surface area contributed by atoms with Gasteiger partial charge in [0.25, 0.3) is 0 Å².